The van der Waals surface area contributed by atoms with Crippen molar-refractivity contribution in [3.05, 3.63) is 0 Å². The molecule has 1 heterocycles. The van der Waals surface area contributed by atoms with Gasteiger partial charge in [-0.2, -0.15) is 0 Å². The largest absolute Gasteiger partial charge is 0.389 e. The molecule has 3 atom stereocenters. The molecular weight excluding hydrogens is 169 g/mol. The van der Waals surface area contributed by atoms with Crippen molar-refractivity contribution in [2.75, 3.05) is 19.8 Å². The van der Waals surface area contributed by atoms with Crippen LogP contribution in [0.25, 0.3) is 0 Å². The Morgan fingerprint density at radius 2 is 2.23 bits per heavy atom. The van der Waals surface area contributed by atoms with Gasteiger partial charge in [0.2, 0.25) is 0 Å². The summed E-state index contributed by atoms with van der Waals surface area (Å²) in [5.74, 6) is 0.840. The van der Waals surface area contributed by atoms with E-state index < -0.39 is 12.8 Å². The van der Waals surface area contributed by atoms with Gasteiger partial charge in [0.1, 0.15) is 6.67 Å². The van der Waals surface area contributed by atoms with Gasteiger partial charge in [-0.3, -0.25) is 4.90 Å². The summed E-state index contributed by atoms with van der Waals surface area (Å²) in [6, 6.07) is 0.654. The molecular formula is C10H18FNO. The maximum Gasteiger partial charge on any atom is 0.117 e. The zero-order valence-corrected chi connectivity index (χ0v) is 7.95. The molecule has 0 aromatic heterocycles. The van der Waals surface area contributed by atoms with E-state index in [1.165, 1.54) is 25.7 Å². The molecule has 0 amide bonds. The van der Waals surface area contributed by atoms with Gasteiger partial charge in [-0.1, -0.05) is 6.42 Å². The fourth-order valence-electron chi connectivity index (χ4n) is 2.88. The highest BCUT2D eigenvalue weighted by Crippen LogP contribution is 2.37. The molecule has 2 rings (SSSR count). The average molecular weight is 187 g/mol. The Morgan fingerprint density at radius 1 is 1.38 bits per heavy atom. The van der Waals surface area contributed by atoms with Crippen LogP contribution in [0.15, 0.2) is 0 Å². The summed E-state index contributed by atoms with van der Waals surface area (Å²) in [5.41, 5.74) is 0. The number of alkyl halides is 1. The standard InChI is InChI=1S/C10H18FNO/c11-6-9(13)7-12-5-4-8-2-1-3-10(8)12/h8-10,13H,1-7H2. The zero-order valence-electron chi connectivity index (χ0n) is 7.95. The van der Waals surface area contributed by atoms with E-state index in [9.17, 15) is 9.50 Å². The Balaban J connectivity index is 1.86. The second kappa shape index (κ2) is 3.93. The number of fused-ring (bicyclic) bond motifs is 1. The third-order valence-electron chi connectivity index (χ3n) is 3.50. The number of rotatable bonds is 3. The van der Waals surface area contributed by atoms with Gasteiger partial charge in [0.25, 0.3) is 0 Å². The normalized spacial score (nSPS) is 36.5. The van der Waals surface area contributed by atoms with Crippen LogP contribution in [0.4, 0.5) is 4.39 Å². The summed E-state index contributed by atoms with van der Waals surface area (Å²) in [6.45, 7) is 0.998. The summed E-state index contributed by atoms with van der Waals surface area (Å²) >= 11 is 0. The van der Waals surface area contributed by atoms with Crippen molar-refractivity contribution in [1.29, 1.82) is 0 Å². The van der Waals surface area contributed by atoms with E-state index in [1.807, 2.05) is 0 Å². The number of β-amino-alcohol motifs (C(OH)–C–C–N with tert-alkyl or cyclic N) is 1. The minimum Gasteiger partial charge on any atom is -0.389 e. The van der Waals surface area contributed by atoms with Crippen LogP contribution in [0.3, 0.4) is 0 Å². The minimum atomic E-state index is -0.764. The monoisotopic (exact) mass is 187 g/mol. The Hall–Kier alpha value is -0.150. The number of likely N-dealkylation sites (tertiary alicyclic amines) is 1. The molecule has 1 aliphatic heterocycles. The molecule has 0 aromatic rings. The van der Waals surface area contributed by atoms with Crippen molar-refractivity contribution in [3.8, 4) is 0 Å². The topological polar surface area (TPSA) is 23.5 Å². The first kappa shape index (κ1) is 9.41. The van der Waals surface area contributed by atoms with Gasteiger partial charge >= 0.3 is 0 Å². The third-order valence-corrected chi connectivity index (χ3v) is 3.50. The lowest BCUT2D eigenvalue weighted by molar-refractivity contribution is 0.0823. The molecule has 0 aromatic carbocycles. The predicted octanol–water partition coefficient (Wildman–Crippen LogP) is 1.19. The predicted molar refractivity (Wildman–Crippen MR) is 49.3 cm³/mol. The summed E-state index contributed by atoms with van der Waals surface area (Å²) in [4.78, 5) is 2.28. The quantitative estimate of drug-likeness (QED) is 0.717. The van der Waals surface area contributed by atoms with E-state index in [1.54, 1.807) is 0 Å². The van der Waals surface area contributed by atoms with Gasteiger partial charge in [0.05, 0.1) is 6.10 Å². The molecule has 76 valence electrons. The summed E-state index contributed by atoms with van der Waals surface area (Å²) < 4.78 is 12.1. The number of nitrogens with zero attached hydrogens (tertiary/aromatic N) is 1. The van der Waals surface area contributed by atoms with Crippen molar-refractivity contribution in [2.45, 2.75) is 37.8 Å². The molecule has 0 spiro atoms. The molecule has 1 N–H and O–H groups in total. The van der Waals surface area contributed by atoms with Crippen LogP contribution in [0.5, 0.6) is 0 Å². The summed E-state index contributed by atoms with van der Waals surface area (Å²) in [5, 5.41) is 9.22. The Morgan fingerprint density at radius 3 is 3.00 bits per heavy atom. The maximum atomic E-state index is 12.1. The van der Waals surface area contributed by atoms with Crippen LogP contribution in [-0.4, -0.2) is 41.9 Å². The van der Waals surface area contributed by atoms with Crippen molar-refractivity contribution in [2.24, 2.45) is 5.92 Å². The van der Waals surface area contributed by atoms with Gasteiger partial charge < -0.3 is 5.11 Å². The Kier molecular flexibility index (Phi) is 2.84. The van der Waals surface area contributed by atoms with E-state index in [4.69, 9.17) is 0 Å². The molecule has 1 saturated carbocycles. The van der Waals surface area contributed by atoms with E-state index in [2.05, 4.69) is 4.90 Å². The molecule has 13 heavy (non-hydrogen) atoms. The van der Waals surface area contributed by atoms with E-state index in [-0.39, 0.29) is 0 Å². The Labute approximate surface area is 78.7 Å². The van der Waals surface area contributed by atoms with E-state index >= 15 is 0 Å². The number of halogens is 1. The van der Waals surface area contributed by atoms with Crippen molar-refractivity contribution in [3.63, 3.8) is 0 Å². The fourth-order valence-corrected chi connectivity index (χ4v) is 2.88. The zero-order chi connectivity index (χ0) is 9.26. The lowest BCUT2D eigenvalue weighted by Crippen LogP contribution is -2.37. The molecule has 0 radical (unpaired) electrons. The molecule has 0 bridgehead atoms. The van der Waals surface area contributed by atoms with Gasteiger partial charge in [0, 0.05) is 12.6 Å². The van der Waals surface area contributed by atoms with Gasteiger partial charge in [0.15, 0.2) is 0 Å². The van der Waals surface area contributed by atoms with Crippen LogP contribution < -0.4 is 0 Å². The first-order valence-electron chi connectivity index (χ1n) is 5.29. The highest BCUT2D eigenvalue weighted by Gasteiger charge is 2.37. The first-order valence-corrected chi connectivity index (χ1v) is 5.29. The van der Waals surface area contributed by atoms with Crippen LogP contribution in [0.1, 0.15) is 25.7 Å². The number of aliphatic hydroxyl groups is 1. The van der Waals surface area contributed by atoms with Gasteiger partial charge in [-0.05, 0) is 31.7 Å². The number of hydrogen-bond acceptors (Lipinski definition) is 2. The second-order valence-corrected chi connectivity index (χ2v) is 4.35. The molecule has 1 saturated heterocycles. The van der Waals surface area contributed by atoms with Crippen LogP contribution >= 0.6 is 0 Å². The highest BCUT2D eigenvalue weighted by atomic mass is 19.1. The molecule has 2 fully saturated rings. The molecule has 3 unspecified atom stereocenters. The van der Waals surface area contributed by atoms with Gasteiger partial charge in [-0.15, -0.1) is 0 Å². The molecule has 2 nitrogen and oxygen atoms in total. The van der Waals surface area contributed by atoms with Crippen molar-refractivity contribution in [1.82, 2.24) is 4.90 Å². The highest BCUT2D eigenvalue weighted by molar-refractivity contribution is 4.92. The van der Waals surface area contributed by atoms with Crippen molar-refractivity contribution < 1.29 is 9.50 Å². The Bertz CT molecular complexity index is 176. The van der Waals surface area contributed by atoms with Crippen LogP contribution in [0.2, 0.25) is 0 Å². The third kappa shape index (κ3) is 1.86. The smallest absolute Gasteiger partial charge is 0.117 e. The fraction of sp³-hybridized carbons (Fsp3) is 1.00. The second-order valence-electron chi connectivity index (χ2n) is 4.35. The lowest BCUT2D eigenvalue weighted by atomic mass is 10.0. The molecule has 3 heteroatoms. The van der Waals surface area contributed by atoms with Gasteiger partial charge in [-0.25, -0.2) is 4.39 Å². The maximum absolute atomic E-state index is 12.1. The molecule has 1 aliphatic carbocycles. The lowest BCUT2D eigenvalue weighted by Gasteiger charge is -2.24. The minimum absolute atomic E-state index is 0.539. The summed E-state index contributed by atoms with van der Waals surface area (Å²) in [7, 11) is 0. The number of hydrogen-bond donors (Lipinski definition) is 1. The summed E-state index contributed by atoms with van der Waals surface area (Å²) in [6.07, 6.45) is 4.40. The first-order chi connectivity index (χ1) is 6.31. The van der Waals surface area contributed by atoms with E-state index in [0.29, 0.717) is 12.6 Å². The van der Waals surface area contributed by atoms with Crippen molar-refractivity contribution >= 4 is 0 Å². The molecule has 2 aliphatic rings. The van der Waals surface area contributed by atoms with E-state index in [0.717, 1.165) is 12.5 Å². The van der Waals surface area contributed by atoms with Crippen LogP contribution in [0, 0.1) is 5.92 Å². The average Bonchev–Trinajstić information content (AvgIpc) is 2.69. The number of aliphatic hydroxyl groups excluding tert-OH is 1. The van der Waals surface area contributed by atoms with Crippen LogP contribution in [-0.2, 0) is 0 Å². The SMILES string of the molecule is OC(CF)CN1CCC2CCCC21.